The highest BCUT2D eigenvalue weighted by molar-refractivity contribution is 7.80. The van der Waals surface area contributed by atoms with Crippen molar-refractivity contribution in [2.75, 3.05) is 19.5 Å². The molecule has 0 aliphatic rings. The van der Waals surface area contributed by atoms with Gasteiger partial charge in [0.2, 0.25) is 0 Å². The van der Waals surface area contributed by atoms with E-state index in [0.717, 1.165) is 53.5 Å². The third-order valence-corrected chi connectivity index (χ3v) is 4.54. The molecule has 1 atom stereocenters. The van der Waals surface area contributed by atoms with E-state index in [0.29, 0.717) is 6.61 Å². The molecule has 0 saturated heterocycles. The van der Waals surface area contributed by atoms with Crippen LogP contribution < -0.4 is 4.74 Å². The predicted octanol–water partition coefficient (Wildman–Crippen LogP) is 4.99. The molecule has 0 bridgehead atoms. The van der Waals surface area contributed by atoms with E-state index in [2.05, 4.69) is 12.6 Å². The summed E-state index contributed by atoms with van der Waals surface area (Å²) in [7, 11) is 1.66. The molecule has 2 aromatic rings. The van der Waals surface area contributed by atoms with E-state index in [1.807, 2.05) is 43.3 Å². The van der Waals surface area contributed by atoms with Crippen LogP contribution in [0.1, 0.15) is 44.1 Å². The molecule has 2 aromatic carbocycles. The minimum Gasteiger partial charge on any atom is -0.497 e. The van der Waals surface area contributed by atoms with Crippen molar-refractivity contribution in [2.24, 2.45) is 0 Å². The summed E-state index contributed by atoms with van der Waals surface area (Å²) >= 11 is 4.19. The van der Waals surface area contributed by atoms with Crippen molar-refractivity contribution < 1.29 is 14.3 Å². The smallest absolute Gasteiger partial charge is 0.313 e. The molecule has 24 heavy (non-hydrogen) atoms. The Hall–Kier alpha value is -1.68. The van der Waals surface area contributed by atoms with Crippen molar-refractivity contribution in [3.8, 4) is 5.75 Å². The Bertz CT molecular complexity index is 669. The van der Waals surface area contributed by atoms with Gasteiger partial charge in [0.1, 0.15) is 5.75 Å². The molecule has 0 aromatic heterocycles. The van der Waals surface area contributed by atoms with Crippen molar-refractivity contribution in [1.82, 2.24) is 0 Å². The van der Waals surface area contributed by atoms with E-state index in [1.54, 1.807) is 7.11 Å². The number of unbranched alkanes of at least 4 members (excludes halogenated alkanes) is 3. The number of esters is 1. The first-order valence-corrected chi connectivity index (χ1v) is 9.14. The third-order valence-electron chi connectivity index (χ3n) is 4.22. The maximum atomic E-state index is 12.2. The number of carbonyl (C=O) groups excluding carboxylic acids is 1. The number of carbonyl (C=O) groups is 1. The molecule has 0 radical (unpaired) electrons. The van der Waals surface area contributed by atoms with Crippen molar-refractivity contribution in [3.63, 3.8) is 0 Å². The summed E-state index contributed by atoms with van der Waals surface area (Å²) in [6, 6.07) is 12.0. The molecule has 0 unspecified atom stereocenters. The highest BCUT2D eigenvalue weighted by atomic mass is 32.1. The largest absolute Gasteiger partial charge is 0.497 e. The van der Waals surface area contributed by atoms with Gasteiger partial charge in [0.15, 0.2) is 0 Å². The van der Waals surface area contributed by atoms with Crippen LogP contribution in [0.3, 0.4) is 0 Å². The first-order valence-electron chi connectivity index (χ1n) is 8.51. The number of benzene rings is 2. The summed E-state index contributed by atoms with van der Waals surface area (Å²) in [5, 5.41) is 2.20. The molecule has 0 aliphatic carbocycles. The number of rotatable bonds is 9. The van der Waals surface area contributed by atoms with E-state index in [1.165, 1.54) is 0 Å². The minimum atomic E-state index is -0.256. The van der Waals surface area contributed by atoms with Gasteiger partial charge in [0.05, 0.1) is 19.6 Å². The Kier molecular flexibility index (Phi) is 7.44. The summed E-state index contributed by atoms with van der Waals surface area (Å²) in [5.74, 6) is 1.34. The second-order valence-corrected chi connectivity index (χ2v) is 6.45. The lowest BCUT2D eigenvalue weighted by Crippen LogP contribution is -2.14. The van der Waals surface area contributed by atoms with Crippen LogP contribution in [0.4, 0.5) is 0 Å². The maximum absolute atomic E-state index is 12.2. The van der Waals surface area contributed by atoms with Gasteiger partial charge in [-0.25, -0.2) is 0 Å². The van der Waals surface area contributed by atoms with Crippen LogP contribution in [0.15, 0.2) is 36.4 Å². The lowest BCUT2D eigenvalue weighted by Gasteiger charge is -2.13. The molecule has 0 N–H and O–H groups in total. The normalized spacial score (nSPS) is 12.1. The zero-order chi connectivity index (χ0) is 17.4. The van der Waals surface area contributed by atoms with Crippen LogP contribution in [-0.2, 0) is 9.53 Å². The third kappa shape index (κ3) is 5.17. The molecular formula is C20H26O3S. The van der Waals surface area contributed by atoms with Crippen LogP contribution in [-0.4, -0.2) is 25.4 Å². The van der Waals surface area contributed by atoms with Gasteiger partial charge in [0, 0.05) is 0 Å². The van der Waals surface area contributed by atoms with Gasteiger partial charge >= 0.3 is 5.97 Å². The monoisotopic (exact) mass is 346 g/mol. The van der Waals surface area contributed by atoms with E-state index < -0.39 is 0 Å². The Morgan fingerprint density at radius 2 is 1.75 bits per heavy atom. The first kappa shape index (κ1) is 18.7. The molecule has 0 amide bonds. The Morgan fingerprint density at radius 1 is 1.04 bits per heavy atom. The summed E-state index contributed by atoms with van der Waals surface area (Å²) in [6.45, 7) is 2.40. The lowest BCUT2D eigenvalue weighted by molar-refractivity contribution is -0.145. The topological polar surface area (TPSA) is 35.5 Å². The highest BCUT2D eigenvalue weighted by Crippen LogP contribution is 2.25. The molecule has 0 aliphatic heterocycles. The highest BCUT2D eigenvalue weighted by Gasteiger charge is 2.17. The fourth-order valence-corrected chi connectivity index (χ4v) is 2.86. The van der Waals surface area contributed by atoms with E-state index >= 15 is 0 Å². The molecule has 3 nitrogen and oxygen atoms in total. The standard InChI is InChI=1S/C20H26O3S/c1-15(20(21)23-11-5-3-4-6-12-24)16-7-8-18-14-19(22-2)10-9-17(18)13-16/h7-10,13-15,24H,3-6,11-12H2,1-2H3/t15-/m0/s1. The fraction of sp³-hybridized carbons (Fsp3) is 0.450. The predicted molar refractivity (Wildman–Crippen MR) is 102 cm³/mol. The molecule has 2 rings (SSSR count). The van der Waals surface area contributed by atoms with Gasteiger partial charge in [-0.2, -0.15) is 12.6 Å². The van der Waals surface area contributed by atoms with Crippen LogP contribution in [0.2, 0.25) is 0 Å². The van der Waals surface area contributed by atoms with Crippen molar-refractivity contribution in [2.45, 2.75) is 38.5 Å². The molecular weight excluding hydrogens is 320 g/mol. The molecule has 0 spiro atoms. The van der Waals surface area contributed by atoms with Crippen molar-refractivity contribution in [3.05, 3.63) is 42.0 Å². The number of methoxy groups -OCH3 is 1. The van der Waals surface area contributed by atoms with Gasteiger partial charge in [0.25, 0.3) is 0 Å². The van der Waals surface area contributed by atoms with E-state index in [-0.39, 0.29) is 11.9 Å². The fourth-order valence-electron chi connectivity index (χ4n) is 2.64. The zero-order valence-corrected chi connectivity index (χ0v) is 15.4. The lowest BCUT2D eigenvalue weighted by atomic mass is 9.98. The van der Waals surface area contributed by atoms with Crippen LogP contribution in [0.5, 0.6) is 5.75 Å². The Labute approximate surface area is 149 Å². The first-order chi connectivity index (χ1) is 11.7. The molecule has 130 valence electrons. The second-order valence-electron chi connectivity index (χ2n) is 6.00. The summed E-state index contributed by atoms with van der Waals surface area (Å²) < 4.78 is 10.6. The van der Waals surface area contributed by atoms with E-state index in [4.69, 9.17) is 9.47 Å². The maximum Gasteiger partial charge on any atom is 0.313 e. The number of hydrogen-bond acceptors (Lipinski definition) is 4. The Balaban J connectivity index is 1.92. The molecule has 0 fully saturated rings. The average molecular weight is 346 g/mol. The average Bonchev–Trinajstić information content (AvgIpc) is 2.62. The number of ether oxygens (including phenoxy) is 2. The van der Waals surface area contributed by atoms with Gasteiger partial charge in [-0.1, -0.05) is 37.1 Å². The van der Waals surface area contributed by atoms with Crippen molar-refractivity contribution >= 4 is 29.4 Å². The Morgan fingerprint density at radius 3 is 2.50 bits per heavy atom. The van der Waals surface area contributed by atoms with Crippen molar-refractivity contribution in [1.29, 1.82) is 0 Å². The quantitative estimate of drug-likeness (QED) is 0.395. The number of fused-ring (bicyclic) bond motifs is 1. The summed E-state index contributed by atoms with van der Waals surface area (Å²) in [6.07, 6.45) is 4.27. The summed E-state index contributed by atoms with van der Waals surface area (Å²) in [4.78, 5) is 12.2. The van der Waals surface area contributed by atoms with Gasteiger partial charge in [-0.15, -0.1) is 0 Å². The van der Waals surface area contributed by atoms with Crippen LogP contribution in [0, 0.1) is 0 Å². The van der Waals surface area contributed by atoms with Crippen LogP contribution in [0.25, 0.3) is 10.8 Å². The minimum absolute atomic E-state index is 0.156. The molecule has 0 heterocycles. The summed E-state index contributed by atoms with van der Waals surface area (Å²) in [5.41, 5.74) is 0.979. The molecule has 0 saturated carbocycles. The van der Waals surface area contributed by atoms with Gasteiger partial charge < -0.3 is 9.47 Å². The van der Waals surface area contributed by atoms with Gasteiger partial charge in [-0.3, -0.25) is 4.79 Å². The number of hydrogen-bond donors (Lipinski definition) is 1. The van der Waals surface area contributed by atoms with Gasteiger partial charge in [-0.05, 0) is 54.0 Å². The molecule has 4 heteroatoms. The zero-order valence-electron chi connectivity index (χ0n) is 14.5. The van der Waals surface area contributed by atoms with E-state index in [9.17, 15) is 4.79 Å². The van der Waals surface area contributed by atoms with Crippen LogP contribution >= 0.6 is 12.6 Å². The second kappa shape index (κ2) is 9.58. The number of thiol groups is 1. The SMILES string of the molecule is COc1ccc2cc([C@H](C)C(=O)OCCCCCCS)ccc2c1.